The molecule has 1 saturated heterocycles. The molecular formula is C23H26F3NO5S. The van der Waals surface area contributed by atoms with Crippen molar-refractivity contribution in [1.29, 1.82) is 0 Å². The minimum Gasteiger partial charge on any atom is -0.494 e. The Morgan fingerprint density at radius 3 is 2.21 bits per heavy atom. The van der Waals surface area contributed by atoms with E-state index in [-0.39, 0.29) is 52.8 Å². The first-order valence-corrected chi connectivity index (χ1v) is 12.1. The van der Waals surface area contributed by atoms with Gasteiger partial charge in [0.15, 0.2) is 15.6 Å². The SMILES string of the molecule is CCS(=O)(=O)c1ccc(OC(C)C)c(C(=O)N2CC(c3ccc(C(F)(F)F)cc3)C2)c1OC. The van der Waals surface area contributed by atoms with Gasteiger partial charge in [0.25, 0.3) is 5.91 Å². The molecule has 1 amide bonds. The lowest BCUT2D eigenvalue weighted by molar-refractivity contribution is -0.137. The first-order valence-electron chi connectivity index (χ1n) is 10.5. The van der Waals surface area contributed by atoms with Crippen LogP contribution >= 0.6 is 0 Å². The molecule has 0 atom stereocenters. The van der Waals surface area contributed by atoms with Crippen LogP contribution in [-0.4, -0.2) is 51.3 Å². The number of carbonyl (C=O) groups excluding carboxylic acids is 1. The van der Waals surface area contributed by atoms with E-state index in [4.69, 9.17) is 9.47 Å². The van der Waals surface area contributed by atoms with E-state index in [2.05, 4.69) is 0 Å². The summed E-state index contributed by atoms with van der Waals surface area (Å²) in [6, 6.07) is 7.70. The fourth-order valence-corrected chi connectivity index (χ4v) is 4.72. The van der Waals surface area contributed by atoms with Gasteiger partial charge in [0, 0.05) is 19.0 Å². The number of alkyl halides is 3. The summed E-state index contributed by atoms with van der Waals surface area (Å²) < 4.78 is 74.6. The predicted octanol–water partition coefficient (Wildman–Crippen LogP) is 4.53. The Morgan fingerprint density at radius 1 is 1.12 bits per heavy atom. The largest absolute Gasteiger partial charge is 0.494 e. The molecule has 1 heterocycles. The summed E-state index contributed by atoms with van der Waals surface area (Å²) in [7, 11) is -2.38. The molecular weight excluding hydrogens is 459 g/mol. The summed E-state index contributed by atoms with van der Waals surface area (Å²) in [6.07, 6.45) is -4.68. The minimum atomic E-state index is -4.41. The molecule has 1 fully saturated rings. The zero-order valence-corrected chi connectivity index (χ0v) is 19.6. The fourth-order valence-electron chi connectivity index (χ4n) is 3.66. The molecule has 2 aromatic rings. The molecule has 3 rings (SSSR count). The molecule has 1 aliphatic rings. The van der Waals surface area contributed by atoms with Crippen LogP contribution in [0.5, 0.6) is 11.5 Å². The Labute approximate surface area is 191 Å². The molecule has 0 bridgehead atoms. The fraction of sp³-hybridized carbons (Fsp3) is 0.435. The number of carbonyl (C=O) groups is 1. The van der Waals surface area contributed by atoms with E-state index >= 15 is 0 Å². The second-order valence-electron chi connectivity index (χ2n) is 8.07. The van der Waals surface area contributed by atoms with Crippen molar-refractivity contribution in [1.82, 2.24) is 4.90 Å². The van der Waals surface area contributed by atoms with Gasteiger partial charge in [-0.05, 0) is 43.7 Å². The van der Waals surface area contributed by atoms with Gasteiger partial charge < -0.3 is 14.4 Å². The van der Waals surface area contributed by atoms with Crippen molar-refractivity contribution >= 4 is 15.7 Å². The molecule has 180 valence electrons. The lowest BCUT2D eigenvalue weighted by atomic mass is 9.90. The Bertz CT molecular complexity index is 1120. The van der Waals surface area contributed by atoms with Crippen LogP contribution in [0.2, 0.25) is 0 Å². The van der Waals surface area contributed by atoms with Crippen LogP contribution in [-0.2, 0) is 16.0 Å². The number of sulfone groups is 1. The number of hydrogen-bond donors (Lipinski definition) is 0. The molecule has 0 radical (unpaired) electrons. The van der Waals surface area contributed by atoms with Crippen LogP contribution in [0.3, 0.4) is 0 Å². The number of methoxy groups -OCH3 is 1. The highest BCUT2D eigenvalue weighted by Gasteiger charge is 2.37. The van der Waals surface area contributed by atoms with Gasteiger partial charge in [-0.3, -0.25) is 4.79 Å². The number of ether oxygens (including phenoxy) is 2. The maximum absolute atomic E-state index is 13.4. The van der Waals surface area contributed by atoms with E-state index in [1.807, 2.05) is 0 Å². The molecule has 0 spiro atoms. The monoisotopic (exact) mass is 485 g/mol. The van der Waals surface area contributed by atoms with Crippen LogP contribution < -0.4 is 9.47 Å². The van der Waals surface area contributed by atoms with Crippen molar-refractivity contribution in [2.24, 2.45) is 0 Å². The van der Waals surface area contributed by atoms with Gasteiger partial charge in [-0.25, -0.2) is 8.42 Å². The van der Waals surface area contributed by atoms with E-state index in [1.165, 1.54) is 43.2 Å². The van der Waals surface area contributed by atoms with Gasteiger partial charge in [-0.2, -0.15) is 13.2 Å². The Morgan fingerprint density at radius 2 is 1.73 bits per heavy atom. The molecule has 0 unspecified atom stereocenters. The number of nitrogens with zero attached hydrogens (tertiary/aromatic N) is 1. The highest BCUT2D eigenvalue weighted by molar-refractivity contribution is 7.91. The highest BCUT2D eigenvalue weighted by Crippen LogP contribution is 2.39. The minimum absolute atomic E-state index is 0.0200. The molecule has 33 heavy (non-hydrogen) atoms. The number of benzene rings is 2. The third-order valence-corrected chi connectivity index (χ3v) is 7.21. The molecule has 0 N–H and O–H groups in total. The third-order valence-electron chi connectivity index (χ3n) is 5.46. The van der Waals surface area contributed by atoms with Crippen molar-refractivity contribution in [3.05, 3.63) is 53.1 Å². The van der Waals surface area contributed by atoms with Crippen LogP contribution in [0.25, 0.3) is 0 Å². The van der Waals surface area contributed by atoms with Crippen LogP contribution in [0.4, 0.5) is 13.2 Å². The number of amides is 1. The molecule has 1 aliphatic heterocycles. The zero-order valence-electron chi connectivity index (χ0n) is 18.8. The third kappa shape index (κ3) is 5.10. The Hall–Kier alpha value is -2.75. The lowest BCUT2D eigenvalue weighted by Gasteiger charge is -2.40. The average molecular weight is 486 g/mol. The first-order chi connectivity index (χ1) is 15.4. The summed E-state index contributed by atoms with van der Waals surface area (Å²) in [5.41, 5.74) is -0.0146. The number of rotatable bonds is 7. The quantitative estimate of drug-likeness (QED) is 0.576. The molecule has 2 aromatic carbocycles. The number of halogens is 3. The van der Waals surface area contributed by atoms with Crippen molar-refractivity contribution in [2.45, 2.75) is 43.9 Å². The van der Waals surface area contributed by atoms with Crippen LogP contribution in [0.15, 0.2) is 41.3 Å². The zero-order chi connectivity index (χ0) is 24.6. The maximum Gasteiger partial charge on any atom is 0.416 e. The first kappa shape index (κ1) is 24.9. The predicted molar refractivity (Wildman–Crippen MR) is 117 cm³/mol. The van der Waals surface area contributed by atoms with E-state index in [9.17, 15) is 26.4 Å². The van der Waals surface area contributed by atoms with E-state index < -0.39 is 27.5 Å². The normalized spacial score (nSPS) is 14.8. The van der Waals surface area contributed by atoms with Gasteiger partial charge in [-0.1, -0.05) is 19.1 Å². The van der Waals surface area contributed by atoms with Crippen molar-refractivity contribution in [3.63, 3.8) is 0 Å². The Balaban J connectivity index is 1.89. The topological polar surface area (TPSA) is 72.9 Å². The van der Waals surface area contributed by atoms with Crippen LogP contribution in [0, 0.1) is 0 Å². The van der Waals surface area contributed by atoms with Crippen molar-refractivity contribution < 1.29 is 35.9 Å². The van der Waals surface area contributed by atoms with Crippen molar-refractivity contribution in [2.75, 3.05) is 26.0 Å². The molecule has 6 nitrogen and oxygen atoms in total. The smallest absolute Gasteiger partial charge is 0.416 e. The average Bonchev–Trinajstić information content (AvgIpc) is 2.71. The molecule has 0 aliphatic carbocycles. The maximum atomic E-state index is 13.4. The van der Waals surface area contributed by atoms with Crippen molar-refractivity contribution in [3.8, 4) is 11.5 Å². The van der Waals surface area contributed by atoms with Gasteiger partial charge in [0.05, 0.1) is 24.5 Å². The number of hydrogen-bond acceptors (Lipinski definition) is 5. The molecule has 0 saturated carbocycles. The summed E-state index contributed by atoms with van der Waals surface area (Å²) in [5.74, 6) is -0.614. The summed E-state index contributed by atoms with van der Waals surface area (Å²) in [4.78, 5) is 14.8. The Kier molecular flexibility index (Phi) is 6.97. The standard InChI is InChI=1S/C23H26F3NO5S/c1-5-33(29,30)19-11-10-18(32-14(2)3)20(21(19)31-4)22(28)27-12-16(13-27)15-6-8-17(9-7-15)23(24,25)26/h6-11,14,16H,5,12-13H2,1-4H3. The molecule has 0 aromatic heterocycles. The lowest BCUT2D eigenvalue weighted by Crippen LogP contribution is -2.48. The highest BCUT2D eigenvalue weighted by atomic mass is 32.2. The summed E-state index contributed by atoms with van der Waals surface area (Å²) in [5, 5.41) is 0. The molecule has 10 heteroatoms. The van der Waals surface area contributed by atoms with Crippen LogP contribution in [0.1, 0.15) is 48.2 Å². The second kappa shape index (κ2) is 9.24. The van der Waals surface area contributed by atoms with Gasteiger partial charge in [0.2, 0.25) is 0 Å². The second-order valence-corrected chi connectivity index (χ2v) is 10.3. The summed E-state index contributed by atoms with van der Waals surface area (Å²) >= 11 is 0. The van der Waals surface area contributed by atoms with E-state index in [1.54, 1.807) is 13.8 Å². The summed E-state index contributed by atoms with van der Waals surface area (Å²) in [6.45, 7) is 5.61. The van der Waals surface area contributed by atoms with Gasteiger partial charge in [-0.15, -0.1) is 0 Å². The number of likely N-dealkylation sites (tertiary alicyclic amines) is 1. The van der Waals surface area contributed by atoms with Gasteiger partial charge >= 0.3 is 6.18 Å². The van der Waals surface area contributed by atoms with Gasteiger partial charge in [0.1, 0.15) is 16.2 Å². The van der Waals surface area contributed by atoms with E-state index in [0.29, 0.717) is 5.56 Å². The van der Waals surface area contributed by atoms with E-state index in [0.717, 1.165) is 12.1 Å².